The minimum absolute atomic E-state index is 0.0773. The number of rotatable bonds is 9. The fourth-order valence-corrected chi connectivity index (χ4v) is 3.14. The number of hydrogen-bond acceptors (Lipinski definition) is 6. The van der Waals surface area contributed by atoms with Crippen molar-refractivity contribution in [2.24, 2.45) is 0 Å². The summed E-state index contributed by atoms with van der Waals surface area (Å²) >= 11 is 3.42. The highest BCUT2D eigenvalue weighted by Gasteiger charge is 2.15. The molecule has 2 aromatic rings. The Hall–Kier alpha value is -3.31. The summed E-state index contributed by atoms with van der Waals surface area (Å²) in [5.41, 5.74) is 3.22. The summed E-state index contributed by atoms with van der Waals surface area (Å²) in [5.74, 6) is -0.312. The van der Waals surface area contributed by atoms with Gasteiger partial charge in [0.25, 0.3) is 5.91 Å². The Morgan fingerprint density at radius 2 is 1.78 bits per heavy atom. The van der Waals surface area contributed by atoms with Crippen LogP contribution < -0.4 is 14.8 Å². The van der Waals surface area contributed by atoms with Gasteiger partial charge in [-0.1, -0.05) is 22.0 Å². The van der Waals surface area contributed by atoms with Gasteiger partial charge in [0.15, 0.2) is 18.1 Å². The van der Waals surface area contributed by atoms with Crippen molar-refractivity contribution in [1.29, 1.82) is 5.26 Å². The summed E-state index contributed by atoms with van der Waals surface area (Å²) in [6.07, 6.45) is 1.46. The predicted octanol–water partition coefficient (Wildman–Crippen LogP) is 4.95. The zero-order valence-electron chi connectivity index (χ0n) is 18.5. The molecule has 0 aliphatic carbocycles. The third-order valence-corrected chi connectivity index (χ3v) is 5.13. The molecule has 2 rings (SSSR count). The second kappa shape index (κ2) is 11.9. The van der Waals surface area contributed by atoms with E-state index in [1.54, 1.807) is 25.1 Å². The van der Waals surface area contributed by atoms with Crippen LogP contribution in [0, 0.1) is 25.2 Å². The Labute approximate surface area is 196 Å². The Kier molecular flexibility index (Phi) is 9.29. The highest BCUT2D eigenvalue weighted by atomic mass is 79.9. The van der Waals surface area contributed by atoms with Gasteiger partial charge in [-0.3, -0.25) is 4.79 Å². The van der Waals surface area contributed by atoms with E-state index < -0.39 is 11.9 Å². The quantitative estimate of drug-likeness (QED) is 0.297. The summed E-state index contributed by atoms with van der Waals surface area (Å²) in [4.78, 5) is 24.2. The lowest BCUT2D eigenvalue weighted by atomic mass is 10.1. The lowest BCUT2D eigenvalue weighted by molar-refractivity contribution is -0.145. The number of nitriles is 1. The molecule has 2 aromatic carbocycles. The minimum Gasteiger partial charge on any atom is -0.490 e. The number of amides is 1. The molecule has 168 valence electrons. The van der Waals surface area contributed by atoms with Gasteiger partial charge in [-0.25, -0.2) is 4.79 Å². The molecule has 1 N–H and O–H groups in total. The van der Waals surface area contributed by atoms with E-state index in [0.29, 0.717) is 33.8 Å². The van der Waals surface area contributed by atoms with Crippen molar-refractivity contribution in [2.75, 3.05) is 25.1 Å². The number of nitrogens with zero attached hydrogens (tertiary/aromatic N) is 1. The molecule has 0 saturated carbocycles. The SMILES string of the molecule is CCOC(=O)COc1cc(Br)c(/C=C(\C#N)C(=O)Nc2ccc(C)c(C)c2)cc1OCC. The molecule has 0 heterocycles. The first-order valence-corrected chi connectivity index (χ1v) is 10.8. The first-order chi connectivity index (χ1) is 15.3. The molecule has 32 heavy (non-hydrogen) atoms. The molecule has 0 aliphatic heterocycles. The maximum absolute atomic E-state index is 12.6. The maximum Gasteiger partial charge on any atom is 0.344 e. The number of carbonyl (C=O) groups excluding carboxylic acids is 2. The smallest absolute Gasteiger partial charge is 0.344 e. The number of ether oxygens (including phenoxy) is 3. The molecule has 0 atom stereocenters. The van der Waals surface area contributed by atoms with Gasteiger partial charge in [0.2, 0.25) is 0 Å². The van der Waals surface area contributed by atoms with E-state index in [-0.39, 0.29) is 18.8 Å². The van der Waals surface area contributed by atoms with Gasteiger partial charge in [0.1, 0.15) is 11.6 Å². The van der Waals surface area contributed by atoms with Crippen LogP contribution in [0.15, 0.2) is 40.4 Å². The monoisotopic (exact) mass is 500 g/mol. The molecule has 0 aromatic heterocycles. The lowest BCUT2D eigenvalue weighted by Crippen LogP contribution is -2.15. The molecule has 0 spiro atoms. The van der Waals surface area contributed by atoms with Crippen molar-refractivity contribution in [3.63, 3.8) is 0 Å². The molecule has 1 amide bonds. The van der Waals surface area contributed by atoms with Crippen molar-refractivity contribution < 1.29 is 23.8 Å². The van der Waals surface area contributed by atoms with Gasteiger partial charge in [0.05, 0.1) is 13.2 Å². The summed E-state index contributed by atoms with van der Waals surface area (Å²) in [6, 6.07) is 10.7. The Morgan fingerprint density at radius 3 is 2.41 bits per heavy atom. The zero-order chi connectivity index (χ0) is 23.7. The second-order valence-electron chi connectivity index (χ2n) is 6.77. The van der Waals surface area contributed by atoms with Crippen LogP contribution in [0.1, 0.15) is 30.5 Å². The number of carbonyl (C=O) groups is 2. The molecule has 0 fully saturated rings. The van der Waals surface area contributed by atoms with Crippen LogP contribution in [0.3, 0.4) is 0 Å². The van der Waals surface area contributed by atoms with Gasteiger partial charge < -0.3 is 19.5 Å². The number of hydrogen-bond donors (Lipinski definition) is 1. The van der Waals surface area contributed by atoms with E-state index >= 15 is 0 Å². The fraction of sp³-hybridized carbons (Fsp3) is 0.292. The van der Waals surface area contributed by atoms with Crippen LogP contribution in [0.25, 0.3) is 6.08 Å². The van der Waals surface area contributed by atoms with Crippen molar-refractivity contribution in [1.82, 2.24) is 0 Å². The molecule has 0 bridgehead atoms. The minimum atomic E-state index is -0.525. The van der Waals surface area contributed by atoms with E-state index in [2.05, 4.69) is 21.2 Å². The molecule has 8 heteroatoms. The van der Waals surface area contributed by atoms with Crippen LogP contribution in [0.2, 0.25) is 0 Å². The third kappa shape index (κ3) is 6.86. The molecule has 7 nitrogen and oxygen atoms in total. The standard InChI is InChI=1S/C24H25BrN2O5/c1-5-30-21-11-17(20(25)12-22(21)32-14-23(28)31-6-2)10-18(13-26)24(29)27-19-8-7-15(3)16(4)9-19/h7-12H,5-6,14H2,1-4H3,(H,27,29)/b18-10+. The van der Waals surface area contributed by atoms with Crippen LogP contribution in [0.5, 0.6) is 11.5 Å². The van der Waals surface area contributed by atoms with Crippen molar-refractivity contribution in [3.8, 4) is 17.6 Å². The second-order valence-corrected chi connectivity index (χ2v) is 7.62. The van der Waals surface area contributed by atoms with E-state index in [1.165, 1.54) is 6.08 Å². The van der Waals surface area contributed by atoms with Crippen LogP contribution in [-0.4, -0.2) is 31.7 Å². The summed E-state index contributed by atoms with van der Waals surface area (Å²) < 4.78 is 16.6. The molecular formula is C24H25BrN2O5. The largest absolute Gasteiger partial charge is 0.490 e. The van der Waals surface area contributed by atoms with Crippen molar-refractivity contribution in [3.05, 3.63) is 57.1 Å². The topological polar surface area (TPSA) is 97.7 Å². The van der Waals surface area contributed by atoms with Gasteiger partial charge >= 0.3 is 5.97 Å². The van der Waals surface area contributed by atoms with Gasteiger partial charge in [0, 0.05) is 10.2 Å². The van der Waals surface area contributed by atoms with E-state index in [0.717, 1.165) is 11.1 Å². The average Bonchev–Trinajstić information content (AvgIpc) is 2.75. The first-order valence-electron chi connectivity index (χ1n) is 10.0. The summed E-state index contributed by atoms with van der Waals surface area (Å²) in [7, 11) is 0. The molecule has 0 unspecified atom stereocenters. The zero-order valence-corrected chi connectivity index (χ0v) is 20.0. The van der Waals surface area contributed by atoms with Crippen molar-refractivity contribution >= 4 is 39.6 Å². The normalized spacial score (nSPS) is 10.8. The van der Waals surface area contributed by atoms with E-state index in [9.17, 15) is 14.9 Å². The number of esters is 1. The van der Waals surface area contributed by atoms with E-state index in [4.69, 9.17) is 14.2 Å². The maximum atomic E-state index is 12.6. The highest BCUT2D eigenvalue weighted by Crippen LogP contribution is 2.35. The number of aryl methyl sites for hydroxylation is 2. The Balaban J connectivity index is 2.29. The number of anilines is 1. The Bertz CT molecular complexity index is 1070. The highest BCUT2D eigenvalue weighted by molar-refractivity contribution is 9.10. The number of benzene rings is 2. The molecule has 0 saturated heterocycles. The predicted molar refractivity (Wildman–Crippen MR) is 126 cm³/mol. The molecular weight excluding hydrogens is 476 g/mol. The number of halogens is 1. The van der Waals surface area contributed by atoms with Crippen LogP contribution in [-0.2, 0) is 14.3 Å². The summed E-state index contributed by atoms with van der Waals surface area (Å²) in [6.45, 7) is 7.80. The van der Waals surface area contributed by atoms with Gasteiger partial charge in [-0.2, -0.15) is 5.26 Å². The first kappa shape index (κ1) is 25.0. The average molecular weight is 501 g/mol. The summed E-state index contributed by atoms with van der Waals surface area (Å²) in [5, 5.41) is 12.3. The Morgan fingerprint density at radius 1 is 1.06 bits per heavy atom. The van der Waals surface area contributed by atoms with Crippen LogP contribution >= 0.6 is 15.9 Å². The molecule has 0 aliphatic rings. The van der Waals surface area contributed by atoms with Gasteiger partial charge in [-0.05, 0) is 74.7 Å². The van der Waals surface area contributed by atoms with E-state index in [1.807, 2.05) is 39.0 Å². The lowest BCUT2D eigenvalue weighted by Gasteiger charge is -2.14. The molecule has 0 radical (unpaired) electrons. The van der Waals surface area contributed by atoms with Gasteiger partial charge in [-0.15, -0.1) is 0 Å². The fourth-order valence-electron chi connectivity index (χ4n) is 2.70. The third-order valence-electron chi connectivity index (χ3n) is 4.44. The van der Waals surface area contributed by atoms with Crippen LogP contribution in [0.4, 0.5) is 5.69 Å². The van der Waals surface area contributed by atoms with Crippen molar-refractivity contribution in [2.45, 2.75) is 27.7 Å². The number of nitrogens with one attached hydrogen (secondary N) is 1.